The van der Waals surface area contributed by atoms with Gasteiger partial charge in [0.2, 0.25) is 0 Å². The van der Waals surface area contributed by atoms with Crippen LogP contribution in [0.5, 0.6) is 5.75 Å². The summed E-state index contributed by atoms with van der Waals surface area (Å²) in [7, 11) is 0. The molecule has 0 spiro atoms. The number of benzene rings is 3. The monoisotopic (exact) mass is 452 g/mol. The number of ether oxygens (including phenoxy) is 1. The molecular weight excluding hydrogens is 428 g/mol. The fraction of sp³-hybridized carbons (Fsp3) is 0.250. The predicted molar refractivity (Wildman–Crippen MR) is 123 cm³/mol. The number of nitrogens with zero attached hydrogens (tertiary/aromatic N) is 1. The van der Waals surface area contributed by atoms with Gasteiger partial charge in [-0.2, -0.15) is 5.10 Å². The summed E-state index contributed by atoms with van der Waals surface area (Å²) in [6.45, 7) is 8.21. The second kappa shape index (κ2) is 8.78. The van der Waals surface area contributed by atoms with Crippen molar-refractivity contribution in [2.45, 2.75) is 33.1 Å². The van der Waals surface area contributed by atoms with E-state index < -0.39 is 0 Å². The Hall–Kier alpha value is -2.66. The van der Waals surface area contributed by atoms with Gasteiger partial charge in [-0.05, 0) is 68.4 Å². The molecular formula is C24H25BrN2O2. The molecule has 3 aromatic carbocycles. The van der Waals surface area contributed by atoms with Crippen LogP contribution in [-0.4, -0.2) is 18.2 Å². The lowest BCUT2D eigenvalue weighted by Gasteiger charge is -2.20. The molecule has 0 atom stereocenters. The summed E-state index contributed by atoms with van der Waals surface area (Å²) in [4.78, 5) is 12.1. The van der Waals surface area contributed by atoms with Crippen molar-refractivity contribution in [1.82, 2.24) is 5.43 Å². The minimum absolute atomic E-state index is 0.0490. The second-order valence-electron chi connectivity index (χ2n) is 7.98. The molecule has 1 N–H and O–H groups in total. The fourth-order valence-electron chi connectivity index (χ4n) is 2.89. The molecule has 0 saturated carbocycles. The van der Waals surface area contributed by atoms with Gasteiger partial charge in [-0.1, -0.05) is 63.2 Å². The molecule has 3 rings (SSSR count). The Morgan fingerprint density at radius 3 is 2.45 bits per heavy atom. The van der Waals surface area contributed by atoms with E-state index in [2.05, 4.69) is 65.4 Å². The van der Waals surface area contributed by atoms with Crippen LogP contribution >= 0.6 is 15.9 Å². The fourth-order valence-corrected chi connectivity index (χ4v) is 3.38. The van der Waals surface area contributed by atoms with Gasteiger partial charge in [-0.15, -0.1) is 0 Å². The van der Waals surface area contributed by atoms with Gasteiger partial charge >= 0.3 is 0 Å². The van der Waals surface area contributed by atoms with Crippen molar-refractivity contribution in [3.05, 3.63) is 76.3 Å². The predicted octanol–water partition coefficient (Wildman–Crippen LogP) is 5.82. The number of halogens is 1. The Labute approximate surface area is 180 Å². The number of fused-ring (bicyclic) bond motifs is 1. The maximum absolute atomic E-state index is 12.1. The van der Waals surface area contributed by atoms with Gasteiger partial charge in [0, 0.05) is 0 Å². The number of nitrogens with one attached hydrogen (secondary N) is 1. The van der Waals surface area contributed by atoms with Gasteiger partial charge in [0.05, 0.1) is 10.2 Å². The van der Waals surface area contributed by atoms with Crippen molar-refractivity contribution in [3.63, 3.8) is 0 Å². The first-order valence-electron chi connectivity index (χ1n) is 9.49. The first-order valence-corrected chi connectivity index (χ1v) is 10.3. The Bertz CT molecular complexity index is 1070. The van der Waals surface area contributed by atoms with E-state index in [9.17, 15) is 4.79 Å². The second-order valence-corrected chi connectivity index (χ2v) is 8.83. The van der Waals surface area contributed by atoms with Crippen molar-refractivity contribution < 1.29 is 9.53 Å². The Morgan fingerprint density at radius 1 is 1.03 bits per heavy atom. The van der Waals surface area contributed by atoms with Gasteiger partial charge < -0.3 is 4.74 Å². The van der Waals surface area contributed by atoms with Gasteiger partial charge in [-0.25, -0.2) is 5.43 Å². The summed E-state index contributed by atoms with van der Waals surface area (Å²) >= 11 is 3.52. The third kappa shape index (κ3) is 5.45. The van der Waals surface area contributed by atoms with Crippen LogP contribution < -0.4 is 10.2 Å². The number of hydrogen-bond acceptors (Lipinski definition) is 3. The van der Waals surface area contributed by atoms with Gasteiger partial charge in [0.25, 0.3) is 5.91 Å². The van der Waals surface area contributed by atoms with E-state index in [4.69, 9.17) is 4.74 Å². The van der Waals surface area contributed by atoms with Crippen LogP contribution in [-0.2, 0) is 10.2 Å². The van der Waals surface area contributed by atoms with Crippen molar-refractivity contribution >= 4 is 38.3 Å². The number of carbonyl (C=O) groups excluding carboxylic acids is 1. The zero-order valence-corrected chi connectivity index (χ0v) is 18.7. The van der Waals surface area contributed by atoms with Crippen molar-refractivity contribution in [1.29, 1.82) is 0 Å². The zero-order chi connectivity index (χ0) is 21.0. The van der Waals surface area contributed by atoms with Crippen LogP contribution in [0.4, 0.5) is 0 Å². The molecule has 3 aromatic rings. The molecule has 0 aliphatic carbocycles. The molecule has 5 heteroatoms. The third-order valence-corrected chi connectivity index (χ3v) is 5.29. The zero-order valence-electron chi connectivity index (χ0n) is 17.1. The molecule has 0 aliphatic rings. The normalized spacial score (nSPS) is 12.1. The first-order chi connectivity index (χ1) is 13.7. The average molecular weight is 453 g/mol. The largest absolute Gasteiger partial charge is 0.483 e. The van der Waals surface area contributed by atoms with E-state index in [0.29, 0.717) is 5.75 Å². The lowest BCUT2D eigenvalue weighted by atomic mass is 9.87. The highest BCUT2D eigenvalue weighted by Gasteiger charge is 2.15. The highest BCUT2D eigenvalue weighted by Crippen LogP contribution is 2.31. The highest BCUT2D eigenvalue weighted by molar-refractivity contribution is 9.10. The van der Waals surface area contributed by atoms with Gasteiger partial charge in [-0.3, -0.25) is 4.79 Å². The first kappa shape index (κ1) is 21.1. The van der Waals surface area contributed by atoms with E-state index in [1.165, 1.54) is 10.9 Å². The molecule has 0 saturated heterocycles. The minimum Gasteiger partial charge on any atom is -0.483 e. The third-order valence-electron chi connectivity index (χ3n) is 4.67. The molecule has 0 aromatic heterocycles. The Morgan fingerprint density at radius 2 is 1.76 bits per heavy atom. The van der Waals surface area contributed by atoms with Crippen LogP contribution in [0.25, 0.3) is 10.8 Å². The summed E-state index contributed by atoms with van der Waals surface area (Å²) in [6, 6.07) is 20.2. The maximum Gasteiger partial charge on any atom is 0.277 e. The van der Waals surface area contributed by atoms with Crippen LogP contribution in [0, 0.1) is 0 Å². The SMILES string of the molecule is C/C(=N/NC(=O)COc1ccc(C(C)(C)C)cc1Br)c1ccc2ccccc2c1. The number of hydrazone groups is 1. The molecule has 0 bridgehead atoms. The topological polar surface area (TPSA) is 50.7 Å². The van der Waals surface area contributed by atoms with E-state index in [0.717, 1.165) is 21.1 Å². The van der Waals surface area contributed by atoms with E-state index >= 15 is 0 Å². The summed E-state index contributed by atoms with van der Waals surface area (Å²) in [5.41, 5.74) is 5.50. The molecule has 1 amide bonds. The standard InChI is InChI=1S/C24H25BrN2O2/c1-16(18-10-9-17-7-5-6-8-19(17)13-18)26-27-23(28)15-29-22-12-11-20(14-21(22)25)24(2,3)4/h5-14H,15H2,1-4H3,(H,27,28)/b26-16-. The van der Waals surface area contributed by atoms with Gasteiger partial charge in [0.15, 0.2) is 6.61 Å². The molecule has 29 heavy (non-hydrogen) atoms. The maximum atomic E-state index is 12.1. The lowest BCUT2D eigenvalue weighted by Crippen LogP contribution is -2.25. The van der Waals surface area contributed by atoms with Gasteiger partial charge in [0.1, 0.15) is 5.75 Å². The van der Waals surface area contributed by atoms with Crippen LogP contribution in [0.3, 0.4) is 0 Å². The molecule has 4 nitrogen and oxygen atoms in total. The summed E-state index contributed by atoms with van der Waals surface area (Å²) in [5.74, 6) is 0.320. The quantitative estimate of drug-likeness (QED) is 0.391. The van der Waals surface area contributed by atoms with Crippen LogP contribution in [0.1, 0.15) is 38.8 Å². The number of rotatable bonds is 5. The van der Waals surface area contributed by atoms with Crippen LogP contribution in [0.15, 0.2) is 70.2 Å². The molecule has 0 heterocycles. The van der Waals surface area contributed by atoms with E-state index in [-0.39, 0.29) is 17.9 Å². The van der Waals surface area contributed by atoms with Crippen LogP contribution in [0.2, 0.25) is 0 Å². The summed E-state index contributed by atoms with van der Waals surface area (Å²) < 4.78 is 6.46. The summed E-state index contributed by atoms with van der Waals surface area (Å²) in [6.07, 6.45) is 0. The lowest BCUT2D eigenvalue weighted by molar-refractivity contribution is -0.123. The van der Waals surface area contributed by atoms with Crippen molar-refractivity contribution in [2.75, 3.05) is 6.61 Å². The van der Waals surface area contributed by atoms with E-state index in [1.807, 2.05) is 49.4 Å². The molecule has 0 unspecified atom stereocenters. The average Bonchev–Trinajstić information content (AvgIpc) is 2.70. The highest BCUT2D eigenvalue weighted by atomic mass is 79.9. The molecule has 0 radical (unpaired) electrons. The minimum atomic E-state index is -0.308. The van der Waals surface area contributed by atoms with E-state index in [1.54, 1.807) is 0 Å². The number of hydrogen-bond donors (Lipinski definition) is 1. The Balaban J connectivity index is 1.60. The number of carbonyl (C=O) groups is 1. The van der Waals surface area contributed by atoms with Crippen molar-refractivity contribution in [3.8, 4) is 5.75 Å². The molecule has 150 valence electrons. The molecule has 0 fully saturated rings. The molecule has 0 aliphatic heterocycles. The summed E-state index contributed by atoms with van der Waals surface area (Å²) in [5, 5.41) is 6.52. The smallest absolute Gasteiger partial charge is 0.277 e. The Kier molecular flexibility index (Phi) is 6.38. The van der Waals surface area contributed by atoms with Crippen molar-refractivity contribution in [2.24, 2.45) is 5.10 Å². The number of amides is 1.